The van der Waals surface area contributed by atoms with Gasteiger partial charge in [-0.3, -0.25) is 14.9 Å². The van der Waals surface area contributed by atoms with Crippen molar-refractivity contribution in [1.82, 2.24) is 0 Å². The second kappa shape index (κ2) is 6.31. The van der Waals surface area contributed by atoms with Crippen molar-refractivity contribution < 1.29 is 24.4 Å². The lowest BCUT2D eigenvalue weighted by Gasteiger charge is -2.25. The molecule has 0 aromatic heterocycles. The van der Waals surface area contributed by atoms with Gasteiger partial charge in [0.1, 0.15) is 5.60 Å². The number of methoxy groups -OCH3 is 1. The van der Waals surface area contributed by atoms with Gasteiger partial charge in [-0.15, -0.1) is 0 Å². The van der Waals surface area contributed by atoms with Crippen molar-refractivity contribution >= 4 is 23.3 Å². The maximum atomic E-state index is 12.1. The predicted molar refractivity (Wildman–Crippen MR) is 74.4 cm³/mol. The number of nitro benzene ring substituents is 1. The maximum absolute atomic E-state index is 12.1. The fraction of sp³-hybridized carbons (Fsp3) is 0.385. The van der Waals surface area contributed by atoms with Crippen LogP contribution in [0.4, 0.5) is 11.4 Å². The van der Waals surface area contributed by atoms with E-state index < -0.39 is 22.4 Å². The van der Waals surface area contributed by atoms with E-state index in [1.54, 1.807) is 13.8 Å². The van der Waals surface area contributed by atoms with Crippen LogP contribution < -0.4 is 5.32 Å². The number of nitrogens with zero attached hydrogens (tertiary/aromatic N) is 1. The molecule has 1 aromatic rings. The molecule has 1 amide bonds. The first-order chi connectivity index (χ1) is 9.75. The third-order valence-electron chi connectivity index (χ3n) is 3.30. The molecule has 0 aliphatic rings. The summed E-state index contributed by atoms with van der Waals surface area (Å²) in [6.45, 7) is 3.31. The van der Waals surface area contributed by atoms with Gasteiger partial charge in [-0.05, 0) is 19.4 Å². The van der Waals surface area contributed by atoms with Gasteiger partial charge in [0.05, 0.1) is 16.2 Å². The molecule has 0 saturated heterocycles. The van der Waals surface area contributed by atoms with Gasteiger partial charge in [0.15, 0.2) is 0 Å². The first kappa shape index (κ1) is 16.6. The highest BCUT2D eigenvalue weighted by Gasteiger charge is 2.32. The van der Waals surface area contributed by atoms with Crippen LogP contribution in [0.25, 0.3) is 0 Å². The standard InChI is InChI=1S/C13H16N2O6/c1-4-13(2,21-3)12(18)14-10-6-5-8(15(19)20)7-9(10)11(16)17/h5-7H,4H2,1-3H3,(H,14,18)(H,16,17). The number of carboxylic acid groups (broad SMARTS) is 1. The summed E-state index contributed by atoms with van der Waals surface area (Å²) in [5.41, 5.74) is -1.85. The lowest BCUT2D eigenvalue weighted by molar-refractivity contribution is -0.384. The minimum absolute atomic E-state index is 0.0187. The summed E-state index contributed by atoms with van der Waals surface area (Å²) >= 11 is 0. The van der Waals surface area contributed by atoms with Gasteiger partial charge in [0.2, 0.25) is 0 Å². The number of carbonyl (C=O) groups is 2. The zero-order valence-corrected chi connectivity index (χ0v) is 11.9. The molecule has 0 spiro atoms. The minimum atomic E-state index is -1.37. The number of nitro groups is 1. The van der Waals surface area contributed by atoms with Crippen molar-refractivity contribution in [2.45, 2.75) is 25.9 Å². The first-order valence-corrected chi connectivity index (χ1v) is 6.13. The number of aromatic carboxylic acids is 1. The van der Waals surface area contributed by atoms with E-state index in [-0.39, 0.29) is 16.9 Å². The second-order valence-corrected chi connectivity index (χ2v) is 4.53. The molecule has 0 aliphatic heterocycles. The molecule has 0 bridgehead atoms. The smallest absolute Gasteiger partial charge is 0.338 e. The van der Waals surface area contributed by atoms with E-state index in [1.807, 2.05) is 0 Å². The Morgan fingerprint density at radius 1 is 1.48 bits per heavy atom. The lowest BCUT2D eigenvalue weighted by atomic mass is 10.0. The van der Waals surface area contributed by atoms with E-state index in [1.165, 1.54) is 13.2 Å². The fourth-order valence-corrected chi connectivity index (χ4v) is 1.58. The van der Waals surface area contributed by atoms with Crippen LogP contribution in [0.15, 0.2) is 18.2 Å². The molecule has 0 saturated carbocycles. The highest BCUT2D eigenvalue weighted by Crippen LogP contribution is 2.24. The van der Waals surface area contributed by atoms with Gasteiger partial charge in [-0.2, -0.15) is 0 Å². The fourth-order valence-electron chi connectivity index (χ4n) is 1.58. The number of benzene rings is 1. The van der Waals surface area contributed by atoms with Crippen LogP contribution in [0.2, 0.25) is 0 Å². The number of amides is 1. The summed E-state index contributed by atoms with van der Waals surface area (Å²) in [5, 5.41) is 22.2. The number of ether oxygens (including phenoxy) is 1. The predicted octanol–water partition coefficient (Wildman–Crippen LogP) is 2.05. The molecular formula is C13H16N2O6. The SMILES string of the molecule is CCC(C)(OC)C(=O)Nc1ccc([N+](=O)[O-])cc1C(=O)O. The van der Waals surface area contributed by atoms with Crippen LogP contribution in [-0.4, -0.2) is 34.6 Å². The van der Waals surface area contributed by atoms with E-state index >= 15 is 0 Å². The van der Waals surface area contributed by atoms with Gasteiger partial charge >= 0.3 is 5.97 Å². The Labute approximate surface area is 120 Å². The van der Waals surface area contributed by atoms with Crippen LogP contribution in [-0.2, 0) is 9.53 Å². The molecule has 114 valence electrons. The number of hydrogen-bond donors (Lipinski definition) is 2. The van der Waals surface area contributed by atoms with Gasteiger partial charge in [-0.25, -0.2) is 4.79 Å². The molecule has 0 aliphatic carbocycles. The zero-order valence-electron chi connectivity index (χ0n) is 11.9. The maximum Gasteiger partial charge on any atom is 0.338 e. The van der Waals surface area contributed by atoms with Crippen molar-refractivity contribution in [3.05, 3.63) is 33.9 Å². The molecule has 1 atom stereocenters. The van der Waals surface area contributed by atoms with E-state index in [0.29, 0.717) is 6.42 Å². The summed E-state index contributed by atoms with van der Waals surface area (Å²) in [4.78, 5) is 33.3. The summed E-state index contributed by atoms with van der Waals surface area (Å²) in [5.74, 6) is -1.89. The monoisotopic (exact) mass is 296 g/mol. The quantitative estimate of drug-likeness (QED) is 0.612. The van der Waals surface area contributed by atoms with E-state index in [0.717, 1.165) is 12.1 Å². The molecule has 2 N–H and O–H groups in total. The molecule has 0 radical (unpaired) electrons. The number of nitrogens with one attached hydrogen (secondary N) is 1. The molecule has 1 rings (SSSR count). The number of carbonyl (C=O) groups excluding carboxylic acids is 1. The van der Waals surface area contributed by atoms with Gasteiger partial charge < -0.3 is 15.2 Å². The molecule has 1 aromatic carbocycles. The summed E-state index contributed by atoms with van der Waals surface area (Å²) in [7, 11) is 1.37. The number of carboxylic acids is 1. The number of rotatable bonds is 6. The average Bonchev–Trinajstić information content (AvgIpc) is 2.46. The molecular weight excluding hydrogens is 280 g/mol. The number of hydrogen-bond acceptors (Lipinski definition) is 5. The number of anilines is 1. The van der Waals surface area contributed by atoms with E-state index in [9.17, 15) is 19.7 Å². The minimum Gasteiger partial charge on any atom is -0.478 e. The Bertz CT molecular complexity index is 580. The summed E-state index contributed by atoms with van der Waals surface area (Å²) in [6, 6.07) is 3.21. The van der Waals surface area contributed by atoms with E-state index in [4.69, 9.17) is 9.84 Å². The van der Waals surface area contributed by atoms with Crippen LogP contribution >= 0.6 is 0 Å². The van der Waals surface area contributed by atoms with Gasteiger partial charge in [-0.1, -0.05) is 6.92 Å². The van der Waals surface area contributed by atoms with Crippen LogP contribution in [0, 0.1) is 10.1 Å². The Balaban J connectivity index is 3.17. The summed E-state index contributed by atoms with van der Waals surface area (Å²) < 4.78 is 5.12. The molecule has 8 nitrogen and oxygen atoms in total. The highest BCUT2D eigenvalue weighted by atomic mass is 16.6. The van der Waals surface area contributed by atoms with Crippen molar-refractivity contribution in [2.24, 2.45) is 0 Å². The summed E-state index contributed by atoms with van der Waals surface area (Å²) in [6.07, 6.45) is 0.380. The van der Waals surface area contributed by atoms with E-state index in [2.05, 4.69) is 5.32 Å². The van der Waals surface area contributed by atoms with Gasteiger partial charge in [0.25, 0.3) is 11.6 Å². The normalized spacial score (nSPS) is 13.3. The highest BCUT2D eigenvalue weighted by molar-refractivity contribution is 6.03. The third kappa shape index (κ3) is 3.54. The Morgan fingerprint density at radius 3 is 2.52 bits per heavy atom. The largest absolute Gasteiger partial charge is 0.478 e. The Morgan fingerprint density at radius 2 is 2.10 bits per heavy atom. The molecule has 8 heteroatoms. The van der Waals surface area contributed by atoms with Crippen LogP contribution in [0.3, 0.4) is 0 Å². The number of non-ortho nitro benzene ring substituents is 1. The molecule has 0 heterocycles. The van der Waals surface area contributed by atoms with Crippen molar-refractivity contribution in [1.29, 1.82) is 0 Å². The molecule has 1 unspecified atom stereocenters. The topological polar surface area (TPSA) is 119 Å². The van der Waals surface area contributed by atoms with Crippen molar-refractivity contribution in [3.63, 3.8) is 0 Å². The molecule has 21 heavy (non-hydrogen) atoms. The third-order valence-corrected chi connectivity index (χ3v) is 3.30. The molecule has 0 fully saturated rings. The Hall–Kier alpha value is -2.48. The van der Waals surface area contributed by atoms with Crippen molar-refractivity contribution in [3.8, 4) is 0 Å². The van der Waals surface area contributed by atoms with Gasteiger partial charge in [0, 0.05) is 19.2 Å². The van der Waals surface area contributed by atoms with Crippen LogP contribution in [0.1, 0.15) is 30.6 Å². The Kier molecular flexibility index (Phi) is 4.98. The average molecular weight is 296 g/mol. The van der Waals surface area contributed by atoms with Crippen LogP contribution in [0.5, 0.6) is 0 Å². The first-order valence-electron chi connectivity index (χ1n) is 6.13. The lowest BCUT2D eigenvalue weighted by Crippen LogP contribution is -2.41. The van der Waals surface area contributed by atoms with Crippen molar-refractivity contribution in [2.75, 3.05) is 12.4 Å². The zero-order chi connectivity index (χ0) is 16.2. The second-order valence-electron chi connectivity index (χ2n) is 4.53.